The number of rotatable bonds is 4. The number of piperidine rings is 1. The molecular formula is C18H27N3O. The molecule has 0 spiro atoms. The molecule has 4 heteroatoms. The number of aryl methyl sites for hydroxylation is 2. The third-order valence-electron chi connectivity index (χ3n) is 5.29. The number of hydrogen-bond donors (Lipinski definition) is 2. The maximum Gasteiger partial charge on any atom is 0.241 e. The first kappa shape index (κ1) is 15.3. The van der Waals surface area contributed by atoms with Gasteiger partial charge in [-0.25, -0.2) is 0 Å². The largest absolute Gasteiger partial charge is 0.376 e. The lowest BCUT2D eigenvalue weighted by Gasteiger charge is -2.35. The predicted octanol–water partition coefficient (Wildman–Crippen LogP) is 2.46. The molecule has 1 aromatic carbocycles. The Balaban J connectivity index is 1.57. The van der Waals surface area contributed by atoms with E-state index in [4.69, 9.17) is 0 Å². The van der Waals surface area contributed by atoms with Crippen molar-refractivity contribution in [2.45, 2.75) is 57.7 Å². The van der Waals surface area contributed by atoms with Gasteiger partial charge in [0.15, 0.2) is 0 Å². The number of fused-ring (bicyclic) bond motifs is 2. The van der Waals surface area contributed by atoms with E-state index in [1.807, 2.05) is 11.9 Å². The molecule has 2 fully saturated rings. The van der Waals surface area contributed by atoms with E-state index in [9.17, 15) is 4.79 Å². The summed E-state index contributed by atoms with van der Waals surface area (Å²) in [5.74, 6) is 0.189. The van der Waals surface area contributed by atoms with E-state index >= 15 is 0 Å². The molecule has 3 rings (SSSR count). The molecule has 0 radical (unpaired) electrons. The maximum absolute atomic E-state index is 12.5. The Morgan fingerprint density at radius 3 is 2.41 bits per heavy atom. The summed E-state index contributed by atoms with van der Waals surface area (Å²) in [4.78, 5) is 14.5. The fourth-order valence-corrected chi connectivity index (χ4v) is 3.93. The van der Waals surface area contributed by atoms with Crippen molar-refractivity contribution in [1.82, 2.24) is 10.2 Å². The van der Waals surface area contributed by atoms with Gasteiger partial charge in [0.1, 0.15) is 0 Å². The normalized spacial score (nSPS) is 26.8. The van der Waals surface area contributed by atoms with Gasteiger partial charge in [0, 0.05) is 30.9 Å². The van der Waals surface area contributed by atoms with Crippen molar-refractivity contribution >= 4 is 11.6 Å². The van der Waals surface area contributed by atoms with Crippen LogP contribution in [0, 0.1) is 13.8 Å². The van der Waals surface area contributed by atoms with Gasteiger partial charge in [0.05, 0.1) is 6.54 Å². The summed E-state index contributed by atoms with van der Waals surface area (Å²) in [6.07, 6.45) is 4.73. The molecule has 1 amide bonds. The Bertz CT molecular complexity index is 525. The fourth-order valence-electron chi connectivity index (χ4n) is 3.93. The smallest absolute Gasteiger partial charge is 0.241 e. The molecule has 2 N–H and O–H groups in total. The highest BCUT2D eigenvalue weighted by Gasteiger charge is 2.36. The highest BCUT2D eigenvalue weighted by Crippen LogP contribution is 2.29. The van der Waals surface area contributed by atoms with Crippen molar-refractivity contribution < 1.29 is 4.79 Å². The minimum Gasteiger partial charge on any atom is -0.376 e. The lowest BCUT2D eigenvalue weighted by atomic mass is 9.98. The SMILES string of the molecule is Cc1cccc(C)c1NCC(=O)N(C)C1CC2CCC(C1)N2. The van der Waals surface area contributed by atoms with E-state index in [1.165, 1.54) is 24.0 Å². The van der Waals surface area contributed by atoms with Gasteiger partial charge >= 0.3 is 0 Å². The van der Waals surface area contributed by atoms with Crippen LogP contribution in [-0.2, 0) is 4.79 Å². The average Bonchev–Trinajstić information content (AvgIpc) is 2.84. The van der Waals surface area contributed by atoms with E-state index in [1.54, 1.807) is 0 Å². The molecule has 0 saturated carbocycles. The van der Waals surface area contributed by atoms with E-state index < -0.39 is 0 Å². The third-order valence-corrected chi connectivity index (χ3v) is 5.29. The second-order valence-electron chi connectivity index (χ2n) is 6.89. The van der Waals surface area contributed by atoms with Gasteiger partial charge in [-0.15, -0.1) is 0 Å². The van der Waals surface area contributed by atoms with Crippen LogP contribution in [0.15, 0.2) is 18.2 Å². The number of anilines is 1. The lowest BCUT2D eigenvalue weighted by molar-refractivity contribution is -0.130. The molecule has 0 aliphatic carbocycles. The van der Waals surface area contributed by atoms with Crippen molar-refractivity contribution in [3.8, 4) is 0 Å². The van der Waals surface area contributed by atoms with E-state index in [-0.39, 0.29) is 5.91 Å². The van der Waals surface area contributed by atoms with Crippen LogP contribution in [0.5, 0.6) is 0 Å². The Hall–Kier alpha value is -1.55. The Morgan fingerprint density at radius 1 is 1.23 bits per heavy atom. The summed E-state index contributed by atoms with van der Waals surface area (Å²) < 4.78 is 0. The van der Waals surface area contributed by atoms with E-state index in [0.717, 1.165) is 18.5 Å². The highest BCUT2D eigenvalue weighted by molar-refractivity contribution is 5.81. The standard InChI is InChI=1S/C18H27N3O/c1-12-5-4-6-13(2)18(12)19-11-17(22)21(3)16-9-14-7-8-15(10-16)20-14/h4-6,14-16,19-20H,7-11H2,1-3H3. The number of carbonyl (C=O) groups is 1. The number of nitrogens with one attached hydrogen (secondary N) is 2. The Morgan fingerprint density at radius 2 is 1.82 bits per heavy atom. The number of benzene rings is 1. The van der Waals surface area contributed by atoms with E-state index in [2.05, 4.69) is 42.7 Å². The first-order valence-corrected chi connectivity index (χ1v) is 8.36. The summed E-state index contributed by atoms with van der Waals surface area (Å²) in [6.45, 7) is 4.53. The third kappa shape index (κ3) is 3.12. The fraction of sp³-hybridized carbons (Fsp3) is 0.611. The molecular weight excluding hydrogens is 274 g/mol. The summed E-state index contributed by atoms with van der Waals surface area (Å²) in [7, 11) is 1.96. The Labute approximate surface area is 133 Å². The minimum absolute atomic E-state index is 0.189. The van der Waals surface area contributed by atoms with Crippen LogP contribution in [0.4, 0.5) is 5.69 Å². The number of amides is 1. The first-order chi connectivity index (χ1) is 10.5. The van der Waals surface area contributed by atoms with Crippen LogP contribution in [0.1, 0.15) is 36.8 Å². The zero-order valence-corrected chi connectivity index (χ0v) is 13.9. The summed E-state index contributed by atoms with van der Waals surface area (Å²) in [5, 5.41) is 6.97. The minimum atomic E-state index is 0.189. The number of carbonyl (C=O) groups excluding carboxylic acids is 1. The number of hydrogen-bond acceptors (Lipinski definition) is 3. The van der Waals surface area contributed by atoms with Crippen LogP contribution in [0.25, 0.3) is 0 Å². The van der Waals surface area contributed by atoms with Crippen molar-refractivity contribution in [2.75, 3.05) is 18.9 Å². The van der Waals surface area contributed by atoms with Crippen molar-refractivity contribution in [1.29, 1.82) is 0 Å². The first-order valence-electron chi connectivity index (χ1n) is 8.36. The van der Waals surface area contributed by atoms with Crippen LogP contribution < -0.4 is 10.6 Å². The van der Waals surface area contributed by atoms with Crippen LogP contribution in [0.2, 0.25) is 0 Å². The van der Waals surface area contributed by atoms with Gasteiger partial charge in [0.25, 0.3) is 0 Å². The van der Waals surface area contributed by atoms with Gasteiger partial charge in [-0.1, -0.05) is 18.2 Å². The van der Waals surface area contributed by atoms with Crippen molar-refractivity contribution in [2.24, 2.45) is 0 Å². The van der Waals surface area contributed by atoms with E-state index in [0.29, 0.717) is 24.7 Å². The van der Waals surface area contributed by atoms with Gasteiger partial charge < -0.3 is 15.5 Å². The molecule has 2 heterocycles. The number of nitrogens with zero attached hydrogens (tertiary/aromatic N) is 1. The molecule has 22 heavy (non-hydrogen) atoms. The zero-order chi connectivity index (χ0) is 15.7. The van der Waals surface area contributed by atoms with Crippen LogP contribution in [0.3, 0.4) is 0 Å². The summed E-state index contributed by atoms with van der Waals surface area (Å²) in [5.41, 5.74) is 3.47. The topological polar surface area (TPSA) is 44.4 Å². The molecule has 0 aromatic heterocycles. The molecule has 4 nitrogen and oxygen atoms in total. The molecule has 2 aliphatic heterocycles. The molecule has 2 aliphatic rings. The van der Waals surface area contributed by atoms with Crippen molar-refractivity contribution in [3.05, 3.63) is 29.3 Å². The molecule has 2 atom stereocenters. The van der Waals surface area contributed by atoms with Crippen molar-refractivity contribution in [3.63, 3.8) is 0 Å². The number of likely N-dealkylation sites (N-methyl/N-ethyl adjacent to an activating group) is 1. The molecule has 2 bridgehead atoms. The second-order valence-corrected chi connectivity index (χ2v) is 6.89. The van der Waals surface area contributed by atoms with Gasteiger partial charge in [-0.05, 0) is 50.7 Å². The highest BCUT2D eigenvalue weighted by atomic mass is 16.2. The average molecular weight is 301 g/mol. The van der Waals surface area contributed by atoms with Gasteiger partial charge in [-0.3, -0.25) is 4.79 Å². The predicted molar refractivity (Wildman–Crippen MR) is 90.1 cm³/mol. The maximum atomic E-state index is 12.5. The zero-order valence-electron chi connectivity index (χ0n) is 13.9. The summed E-state index contributed by atoms with van der Waals surface area (Å²) >= 11 is 0. The molecule has 2 saturated heterocycles. The van der Waals surface area contributed by atoms with Crippen LogP contribution in [-0.4, -0.2) is 42.5 Å². The second kappa shape index (κ2) is 6.29. The lowest BCUT2D eigenvalue weighted by Crippen LogP contribution is -2.49. The van der Waals surface area contributed by atoms with Gasteiger partial charge in [-0.2, -0.15) is 0 Å². The Kier molecular flexibility index (Phi) is 4.39. The molecule has 120 valence electrons. The molecule has 1 aromatic rings. The molecule has 2 unspecified atom stereocenters. The number of para-hydroxylation sites is 1. The summed E-state index contributed by atoms with van der Waals surface area (Å²) in [6, 6.07) is 7.83. The van der Waals surface area contributed by atoms with Crippen LogP contribution >= 0.6 is 0 Å². The monoisotopic (exact) mass is 301 g/mol. The quantitative estimate of drug-likeness (QED) is 0.898. The van der Waals surface area contributed by atoms with Gasteiger partial charge in [0.2, 0.25) is 5.91 Å².